The van der Waals surface area contributed by atoms with Gasteiger partial charge in [0.25, 0.3) is 5.79 Å². The second-order valence-electron chi connectivity index (χ2n) is 4.15. The second kappa shape index (κ2) is 6.46. The normalized spacial score (nSPS) is 34.8. The molecule has 4 atom stereocenters. The third-order valence-corrected chi connectivity index (χ3v) is 3.31. The molecular formula is C9H17O10P. The summed E-state index contributed by atoms with van der Waals surface area (Å²) in [6.07, 6.45) is -4.71. The van der Waals surface area contributed by atoms with Crippen LogP contribution in [0.5, 0.6) is 0 Å². The van der Waals surface area contributed by atoms with Crippen LogP contribution in [0.25, 0.3) is 0 Å². The summed E-state index contributed by atoms with van der Waals surface area (Å²) < 4.78 is 29.4. The molecule has 118 valence electrons. The zero-order valence-corrected chi connectivity index (χ0v) is 11.7. The lowest BCUT2D eigenvalue weighted by atomic mass is 9.95. The Kier molecular flexibility index (Phi) is 5.64. The maximum Gasteiger partial charge on any atom is 0.469 e. The van der Waals surface area contributed by atoms with Gasteiger partial charge in [0.2, 0.25) is 0 Å². The van der Waals surface area contributed by atoms with Gasteiger partial charge in [-0.3, -0.25) is 4.52 Å². The molecule has 11 heteroatoms. The summed E-state index contributed by atoms with van der Waals surface area (Å²) >= 11 is 0. The average Bonchev–Trinajstić information content (AvgIpc) is 2.38. The van der Waals surface area contributed by atoms with Crippen LogP contribution < -0.4 is 0 Å². The van der Waals surface area contributed by atoms with Crippen molar-refractivity contribution in [3.63, 3.8) is 0 Å². The summed E-state index contributed by atoms with van der Waals surface area (Å²) in [5, 5.41) is 19.4. The Hall–Kier alpha value is -0.580. The van der Waals surface area contributed by atoms with E-state index in [0.717, 1.165) is 14.2 Å². The van der Waals surface area contributed by atoms with Gasteiger partial charge < -0.3 is 34.2 Å². The number of ether oxygens (including phenoxy) is 3. The highest BCUT2D eigenvalue weighted by Gasteiger charge is 2.53. The van der Waals surface area contributed by atoms with Crippen molar-refractivity contribution in [1.29, 1.82) is 0 Å². The number of aliphatic hydroxyl groups is 2. The maximum absolute atomic E-state index is 11.7. The van der Waals surface area contributed by atoms with Gasteiger partial charge in [0, 0.05) is 13.5 Å². The highest BCUT2D eigenvalue weighted by Crippen LogP contribution is 2.38. The van der Waals surface area contributed by atoms with Crippen molar-refractivity contribution in [1.82, 2.24) is 0 Å². The summed E-state index contributed by atoms with van der Waals surface area (Å²) in [5.41, 5.74) is 0. The smallest absolute Gasteiger partial charge is 0.465 e. The first-order chi connectivity index (χ1) is 9.15. The van der Waals surface area contributed by atoms with Crippen molar-refractivity contribution >= 4 is 13.8 Å². The van der Waals surface area contributed by atoms with Crippen LogP contribution in [0.15, 0.2) is 0 Å². The molecule has 1 heterocycles. The fourth-order valence-corrected chi connectivity index (χ4v) is 2.15. The van der Waals surface area contributed by atoms with Gasteiger partial charge in [0.05, 0.1) is 19.8 Å². The Morgan fingerprint density at radius 3 is 2.45 bits per heavy atom. The van der Waals surface area contributed by atoms with Crippen LogP contribution in [-0.2, 0) is 28.1 Å². The number of carbonyl (C=O) groups is 1. The number of hydrogen-bond donors (Lipinski definition) is 4. The van der Waals surface area contributed by atoms with Gasteiger partial charge in [-0.15, -0.1) is 0 Å². The van der Waals surface area contributed by atoms with Crippen molar-refractivity contribution < 1.29 is 48.1 Å². The van der Waals surface area contributed by atoms with E-state index in [1.54, 1.807) is 0 Å². The van der Waals surface area contributed by atoms with Crippen LogP contribution in [0.1, 0.15) is 6.42 Å². The first-order valence-electron chi connectivity index (χ1n) is 5.53. The minimum Gasteiger partial charge on any atom is -0.465 e. The molecule has 0 unspecified atom stereocenters. The van der Waals surface area contributed by atoms with Crippen LogP contribution in [0.3, 0.4) is 0 Å². The van der Waals surface area contributed by atoms with Gasteiger partial charge in [-0.2, -0.15) is 0 Å². The van der Waals surface area contributed by atoms with Crippen LogP contribution in [-0.4, -0.2) is 70.9 Å². The zero-order valence-electron chi connectivity index (χ0n) is 10.8. The number of phosphoric acid groups is 1. The van der Waals surface area contributed by atoms with Crippen LogP contribution in [0, 0.1) is 0 Å². The van der Waals surface area contributed by atoms with E-state index >= 15 is 0 Å². The highest BCUT2D eigenvalue weighted by molar-refractivity contribution is 7.46. The van der Waals surface area contributed by atoms with E-state index in [1.165, 1.54) is 0 Å². The topological polar surface area (TPSA) is 152 Å². The quantitative estimate of drug-likeness (QED) is 0.335. The zero-order chi connectivity index (χ0) is 15.6. The van der Waals surface area contributed by atoms with Crippen molar-refractivity contribution in [2.45, 2.75) is 30.5 Å². The van der Waals surface area contributed by atoms with E-state index in [9.17, 15) is 19.6 Å². The molecule has 1 aliphatic rings. The Labute approximate surface area is 114 Å². The van der Waals surface area contributed by atoms with E-state index in [-0.39, 0.29) is 0 Å². The van der Waals surface area contributed by atoms with Crippen molar-refractivity contribution in [2.24, 2.45) is 0 Å². The van der Waals surface area contributed by atoms with Gasteiger partial charge in [-0.05, 0) is 0 Å². The van der Waals surface area contributed by atoms with Gasteiger partial charge in [-0.25, -0.2) is 9.36 Å². The van der Waals surface area contributed by atoms with Crippen molar-refractivity contribution in [3.8, 4) is 0 Å². The van der Waals surface area contributed by atoms with Crippen molar-refractivity contribution in [3.05, 3.63) is 0 Å². The summed E-state index contributed by atoms with van der Waals surface area (Å²) in [4.78, 5) is 28.9. The summed E-state index contributed by atoms with van der Waals surface area (Å²) in [6.45, 7) is -0.745. The Morgan fingerprint density at radius 1 is 1.40 bits per heavy atom. The molecule has 20 heavy (non-hydrogen) atoms. The largest absolute Gasteiger partial charge is 0.469 e. The number of carbonyl (C=O) groups excluding carboxylic acids is 1. The number of aliphatic hydroxyl groups excluding tert-OH is 2. The van der Waals surface area contributed by atoms with E-state index in [2.05, 4.69) is 9.26 Å². The number of methoxy groups -OCH3 is 2. The SMILES string of the molecule is COC(=O)[C@@]1(OC)C[C@@H](O)[C@H](O)[C@@H](COP(=O)(O)O)O1. The third kappa shape index (κ3) is 3.96. The monoisotopic (exact) mass is 316 g/mol. The molecule has 0 bridgehead atoms. The molecule has 0 radical (unpaired) electrons. The Bertz CT molecular complexity index is 394. The van der Waals surface area contributed by atoms with E-state index in [1.807, 2.05) is 0 Å². The van der Waals surface area contributed by atoms with Gasteiger partial charge in [0.1, 0.15) is 12.2 Å². The second-order valence-corrected chi connectivity index (χ2v) is 5.39. The van der Waals surface area contributed by atoms with Gasteiger partial charge in [0.15, 0.2) is 0 Å². The molecule has 1 aliphatic heterocycles. The first-order valence-corrected chi connectivity index (χ1v) is 7.06. The fourth-order valence-electron chi connectivity index (χ4n) is 1.81. The summed E-state index contributed by atoms with van der Waals surface area (Å²) in [6, 6.07) is 0. The Morgan fingerprint density at radius 2 is 2.00 bits per heavy atom. The molecule has 0 amide bonds. The fraction of sp³-hybridized carbons (Fsp3) is 0.889. The maximum atomic E-state index is 11.7. The molecule has 0 aliphatic carbocycles. The average molecular weight is 316 g/mol. The number of phosphoric ester groups is 1. The first kappa shape index (κ1) is 17.5. The van der Waals surface area contributed by atoms with Crippen LogP contribution in [0.4, 0.5) is 0 Å². The lowest BCUT2D eigenvalue weighted by Crippen LogP contribution is -2.60. The molecule has 1 rings (SSSR count). The summed E-state index contributed by atoms with van der Waals surface area (Å²) in [7, 11) is -2.59. The molecule has 0 saturated carbocycles. The van der Waals surface area contributed by atoms with Crippen LogP contribution in [0.2, 0.25) is 0 Å². The molecule has 0 spiro atoms. The molecule has 4 N–H and O–H groups in total. The van der Waals surface area contributed by atoms with Crippen LogP contribution >= 0.6 is 7.82 Å². The molecular weight excluding hydrogens is 299 g/mol. The highest BCUT2D eigenvalue weighted by atomic mass is 31.2. The standard InChI is InChI=1S/C9H17O10P/c1-16-8(12)9(17-2)3-5(10)7(11)6(19-9)4-18-20(13,14)15/h5-7,10-11H,3-4H2,1-2H3,(H2,13,14,15)/t5-,6-,7+,9-/m1/s1. The van der Waals surface area contributed by atoms with E-state index in [0.29, 0.717) is 0 Å². The lowest BCUT2D eigenvalue weighted by Gasteiger charge is -2.42. The lowest BCUT2D eigenvalue weighted by molar-refractivity contribution is -0.307. The molecule has 10 nitrogen and oxygen atoms in total. The number of hydrogen-bond acceptors (Lipinski definition) is 8. The predicted molar refractivity (Wildman–Crippen MR) is 61.3 cm³/mol. The minimum atomic E-state index is -4.79. The minimum absolute atomic E-state index is 0.399. The third-order valence-electron chi connectivity index (χ3n) is 2.83. The molecule has 0 aromatic heterocycles. The van der Waals surface area contributed by atoms with Gasteiger partial charge in [-0.1, -0.05) is 0 Å². The molecule has 1 fully saturated rings. The molecule has 1 saturated heterocycles. The number of rotatable bonds is 5. The number of esters is 1. The van der Waals surface area contributed by atoms with E-state index in [4.69, 9.17) is 19.3 Å². The summed E-state index contributed by atoms with van der Waals surface area (Å²) in [5.74, 6) is -2.93. The van der Waals surface area contributed by atoms with Crippen molar-refractivity contribution in [2.75, 3.05) is 20.8 Å². The predicted octanol–water partition coefficient (Wildman–Crippen LogP) is -1.88. The Balaban J connectivity index is 2.88. The molecule has 0 aromatic carbocycles. The van der Waals surface area contributed by atoms with Gasteiger partial charge >= 0.3 is 13.8 Å². The molecule has 0 aromatic rings. The van der Waals surface area contributed by atoms with E-state index < -0.39 is 50.9 Å².